The minimum absolute atomic E-state index is 0.0722. The van der Waals surface area contributed by atoms with Gasteiger partial charge in [0.1, 0.15) is 12.4 Å². The standard InChI is InChI=1S/C18H21ClN2O2/c1-21(11-12-23-16-7-4-6-15(19)13-16)18(22)10-9-14-5-2-3-8-17(14)20/h2-8,13H,9-12,20H2,1H3. The maximum atomic E-state index is 12.1. The first-order valence-corrected chi connectivity index (χ1v) is 7.90. The van der Waals surface area contributed by atoms with E-state index in [1.165, 1.54) is 0 Å². The lowest BCUT2D eigenvalue weighted by Gasteiger charge is -2.18. The van der Waals surface area contributed by atoms with Crippen molar-refractivity contribution in [2.45, 2.75) is 12.8 Å². The zero-order valence-electron chi connectivity index (χ0n) is 13.2. The normalized spacial score (nSPS) is 10.3. The lowest BCUT2D eigenvalue weighted by atomic mass is 10.1. The van der Waals surface area contributed by atoms with Crippen LogP contribution in [0, 0.1) is 0 Å². The number of hydrogen-bond donors (Lipinski definition) is 1. The molecule has 1 amide bonds. The predicted molar refractivity (Wildman–Crippen MR) is 93.8 cm³/mol. The zero-order chi connectivity index (χ0) is 16.7. The Hall–Kier alpha value is -2.20. The number of ether oxygens (including phenoxy) is 1. The van der Waals surface area contributed by atoms with Gasteiger partial charge in [0.2, 0.25) is 5.91 Å². The summed E-state index contributed by atoms with van der Waals surface area (Å²) in [4.78, 5) is 13.8. The second-order valence-corrected chi connectivity index (χ2v) is 5.76. The van der Waals surface area contributed by atoms with E-state index in [4.69, 9.17) is 22.1 Å². The fraction of sp³-hybridized carbons (Fsp3) is 0.278. The molecule has 0 radical (unpaired) electrons. The Labute approximate surface area is 141 Å². The van der Waals surface area contributed by atoms with Crippen LogP contribution < -0.4 is 10.5 Å². The van der Waals surface area contributed by atoms with E-state index >= 15 is 0 Å². The lowest BCUT2D eigenvalue weighted by Crippen LogP contribution is -2.31. The first kappa shape index (κ1) is 17.2. The Morgan fingerprint density at radius 1 is 1.22 bits per heavy atom. The van der Waals surface area contributed by atoms with Crippen molar-refractivity contribution >= 4 is 23.2 Å². The number of para-hydroxylation sites is 1. The summed E-state index contributed by atoms with van der Waals surface area (Å²) < 4.78 is 5.59. The average molecular weight is 333 g/mol. The third-order valence-corrected chi connectivity index (χ3v) is 3.82. The number of nitrogens with two attached hydrogens (primary N) is 1. The van der Waals surface area contributed by atoms with Crippen molar-refractivity contribution in [3.8, 4) is 5.75 Å². The molecule has 0 saturated heterocycles. The molecule has 0 fully saturated rings. The molecule has 23 heavy (non-hydrogen) atoms. The Morgan fingerprint density at radius 2 is 2.00 bits per heavy atom. The number of hydrogen-bond acceptors (Lipinski definition) is 3. The molecule has 2 N–H and O–H groups in total. The molecule has 2 aromatic carbocycles. The Kier molecular flexibility index (Phi) is 6.29. The summed E-state index contributed by atoms with van der Waals surface area (Å²) in [5, 5.41) is 0.632. The molecule has 122 valence electrons. The monoisotopic (exact) mass is 332 g/mol. The largest absolute Gasteiger partial charge is 0.492 e. The molecule has 0 atom stereocenters. The Balaban J connectivity index is 1.73. The molecular weight excluding hydrogens is 312 g/mol. The van der Waals surface area contributed by atoms with Gasteiger partial charge in [-0.3, -0.25) is 4.79 Å². The topological polar surface area (TPSA) is 55.6 Å². The predicted octanol–water partition coefficient (Wildman–Crippen LogP) is 3.39. The molecule has 0 aliphatic rings. The summed E-state index contributed by atoms with van der Waals surface area (Å²) in [5.74, 6) is 0.776. The molecule has 0 aliphatic carbocycles. The highest BCUT2D eigenvalue weighted by atomic mass is 35.5. The van der Waals surface area contributed by atoms with Crippen molar-refractivity contribution in [2.24, 2.45) is 0 Å². The van der Waals surface area contributed by atoms with E-state index in [-0.39, 0.29) is 5.91 Å². The molecule has 4 nitrogen and oxygen atoms in total. The van der Waals surface area contributed by atoms with Crippen LogP contribution in [-0.4, -0.2) is 31.0 Å². The number of nitrogens with zero attached hydrogens (tertiary/aromatic N) is 1. The summed E-state index contributed by atoms with van der Waals surface area (Å²) in [6, 6.07) is 14.8. The number of likely N-dealkylation sites (N-methyl/N-ethyl adjacent to an activating group) is 1. The first-order valence-electron chi connectivity index (χ1n) is 7.52. The van der Waals surface area contributed by atoms with Crippen LogP contribution in [0.25, 0.3) is 0 Å². The molecule has 2 rings (SSSR count). The van der Waals surface area contributed by atoms with E-state index < -0.39 is 0 Å². The van der Waals surface area contributed by atoms with Gasteiger partial charge < -0.3 is 15.4 Å². The van der Waals surface area contributed by atoms with Gasteiger partial charge in [0.05, 0.1) is 6.54 Å². The van der Waals surface area contributed by atoms with Crippen molar-refractivity contribution in [2.75, 3.05) is 25.9 Å². The Bertz CT molecular complexity index is 661. The molecule has 0 unspecified atom stereocenters. The number of benzene rings is 2. The second-order valence-electron chi connectivity index (χ2n) is 5.32. The molecule has 0 aliphatic heterocycles. The maximum Gasteiger partial charge on any atom is 0.222 e. The van der Waals surface area contributed by atoms with E-state index in [1.807, 2.05) is 36.4 Å². The smallest absolute Gasteiger partial charge is 0.222 e. The zero-order valence-corrected chi connectivity index (χ0v) is 13.9. The Morgan fingerprint density at radius 3 is 2.74 bits per heavy atom. The molecule has 0 spiro atoms. The molecule has 0 saturated carbocycles. The summed E-state index contributed by atoms with van der Waals surface area (Å²) in [6.45, 7) is 0.950. The highest BCUT2D eigenvalue weighted by Crippen LogP contribution is 2.17. The van der Waals surface area contributed by atoms with Gasteiger partial charge in [0.25, 0.3) is 0 Å². The number of carbonyl (C=O) groups excluding carboxylic acids is 1. The van der Waals surface area contributed by atoms with Crippen LogP contribution >= 0.6 is 11.6 Å². The summed E-state index contributed by atoms with van der Waals surface area (Å²) in [5.41, 5.74) is 7.62. The van der Waals surface area contributed by atoms with Crippen LogP contribution in [0.2, 0.25) is 5.02 Å². The van der Waals surface area contributed by atoms with Gasteiger partial charge in [0.15, 0.2) is 0 Å². The highest BCUT2D eigenvalue weighted by molar-refractivity contribution is 6.30. The average Bonchev–Trinajstić information content (AvgIpc) is 2.54. The van der Waals surface area contributed by atoms with Gasteiger partial charge in [-0.1, -0.05) is 35.9 Å². The fourth-order valence-electron chi connectivity index (χ4n) is 2.18. The summed E-state index contributed by atoms with van der Waals surface area (Å²) >= 11 is 5.89. The van der Waals surface area contributed by atoms with E-state index in [0.29, 0.717) is 36.8 Å². The van der Waals surface area contributed by atoms with Crippen LogP contribution in [0.3, 0.4) is 0 Å². The lowest BCUT2D eigenvalue weighted by molar-refractivity contribution is -0.130. The van der Waals surface area contributed by atoms with E-state index in [2.05, 4.69) is 0 Å². The van der Waals surface area contributed by atoms with Gasteiger partial charge in [-0.25, -0.2) is 0 Å². The van der Waals surface area contributed by atoms with Crippen LogP contribution in [-0.2, 0) is 11.2 Å². The van der Waals surface area contributed by atoms with E-state index in [0.717, 1.165) is 11.3 Å². The third-order valence-electron chi connectivity index (χ3n) is 3.58. The maximum absolute atomic E-state index is 12.1. The van der Waals surface area contributed by atoms with Gasteiger partial charge >= 0.3 is 0 Å². The number of halogens is 1. The number of rotatable bonds is 7. The van der Waals surface area contributed by atoms with Gasteiger partial charge in [-0.2, -0.15) is 0 Å². The summed E-state index contributed by atoms with van der Waals surface area (Å²) in [7, 11) is 1.78. The van der Waals surface area contributed by atoms with Crippen molar-refractivity contribution in [1.29, 1.82) is 0 Å². The van der Waals surface area contributed by atoms with Crippen LogP contribution in [0.4, 0.5) is 5.69 Å². The van der Waals surface area contributed by atoms with Gasteiger partial charge in [0, 0.05) is 24.2 Å². The number of nitrogen functional groups attached to an aromatic ring is 1. The molecule has 0 aromatic heterocycles. The van der Waals surface area contributed by atoms with Crippen molar-refractivity contribution < 1.29 is 9.53 Å². The number of amides is 1. The fourth-order valence-corrected chi connectivity index (χ4v) is 2.36. The van der Waals surface area contributed by atoms with E-state index in [1.54, 1.807) is 24.1 Å². The minimum Gasteiger partial charge on any atom is -0.492 e. The second kappa shape index (κ2) is 8.44. The van der Waals surface area contributed by atoms with Crippen LogP contribution in [0.15, 0.2) is 48.5 Å². The van der Waals surface area contributed by atoms with Crippen molar-refractivity contribution in [3.63, 3.8) is 0 Å². The number of carbonyl (C=O) groups is 1. The third kappa shape index (κ3) is 5.49. The number of anilines is 1. The minimum atomic E-state index is 0.0722. The molecule has 0 bridgehead atoms. The van der Waals surface area contributed by atoms with Crippen molar-refractivity contribution in [1.82, 2.24) is 4.90 Å². The van der Waals surface area contributed by atoms with Crippen LogP contribution in [0.1, 0.15) is 12.0 Å². The van der Waals surface area contributed by atoms with Crippen molar-refractivity contribution in [3.05, 3.63) is 59.1 Å². The summed E-state index contributed by atoms with van der Waals surface area (Å²) in [6.07, 6.45) is 1.08. The van der Waals surface area contributed by atoms with Gasteiger partial charge in [-0.15, -0.1) is 0 Å². The molecule has 2 aromatic rings. The van der Waals surface area contributed by atoms with Gasteiger partial charge in [-0.05, 0) is 36.2 Å². The quantitative estimate of drug-likeness (QED) is 0.791. The molecular formula is C18H21ClN2O2. The SMILES string of the molecule is CN(CCOc1cccc(Cl)c1)C(=O)CCc1ccccc1N. The van der Waals surface area contributed by atoms with E-state index in [9.17, 15) is 4.79 Å². The molecule has 5 heteroatoms. The highest BCUT2D eigenvalue weighted by Gasteiger charge is 2.10. The number of aryl methyl sites for hydroxylation is 1. The molecule has 0 heterocycles. The van der Waals surface area contributed by atoms with Crippen LogP contribution in [0.5, 0.6) is 5.75 Å². The first-order chi connectivity index (χ1) is 11.1.